The maximum atomic E-state index is 13.6. The molecule has 164 valence electrons. The molecule has 0 radical (unpaired) electrons. The zero-order valence-electron chi connectivity index (χ0n) is 17.1. The Kier molecular flexibility index (Phi) is 5.31. The zero-order valence-corrected chi connectivity index (χ0v) is 17.9. The number of non-ortho nitro benzene ring substituents is 1. The molecule has 1 aliphatic rings. The molecule has 1 fully saturated rings. The first kappa shape index (κ1) is 20.8. The summed E-state index contributed by atoms with van der Waals surface area (Å²) in [5.41, 5.74) is 2.04. The number of nitrogens with zero attached hydrogens (tertiary/aromatic N) is 3. The van der Waals surface area contributed by atoms with Crippen molar-refractivity contribution in [2.45, 2.75) is 12.1 Å². The normalized spacial score (nSPS) is 17.7. The Morgan fingerprint density at radius 3 is 2.61 bits per heavy atom. The van der Waals surface area contributed by atoms with Gasteiger partial charge in [-0.25, -0.2) is 4.39 Å². The summed E-state index contributed by atoms with van der Waals surface area (Å²) in [5.74, 6) is 0.731. The number of nitro groups is 1. The molecule has 4 aromatic rings. The lowest BCUT2D eigenvalue weighted by Crippen LogP contribution is -2.29. The number of hydrogen-bond acceptors (Lipinski definition) is 5. The van der Waals surface area contributed by atoms with Crippen LogP contribution in [0.3, 0.4) is 0 Å². The molecule has 7 nitrogen and oxygen atoms in total. The molecule has 3 heterocycles. The van der Waals surface area contributed by atoms with Gasteiger partial charge in [0.05, 0.1) is 16.7 Å². The number of nitro benzene ring substituents is 1. The smallest absolute Gasteiger partial charge is 0.270 e. The van der Waals surface area contributed by atoms with Gasteiger partial charge in [0.15, 0.2) is 5.11 Å². The average Bonchev–Trinajstić information content (AvgIpc) is 3.45. The first-order chi connectivity index (χ1) is 16.0. The van der Waals surface area contributed by atoms with E-state index in [0.29, 0.717) is 27.9 Å². The van der Waals surface area contributed by atoms with Crippen LogP contribution in [-0.2, 0) is 0 Å². The van der Waals surface area contributed by atoms with Crippen LogP contribution in [0.4, 0.5) is 15.8 Å². The van der Waals surface area contributed by atoms with Gasteiger partial charge in [-0.2, -0.15) is 0 Å². The summed E-state index contributed by atoms with van der Waals surface area (Å²) in [5, 5.41) is 14.9. The van der Waals surface area contributed by atoms with Gasteiger partial charge in [0.2, 0.25) is 0 Å². The number of hydrogen-bond donors (Lipinski definition) is 1. The Hall–Kier alpha value is -4.11. The second-order valence-electron chi connectivity index (χ2n) is 7.48. The lowest BCUT2D eigenvalue weighted by molar-refractivity contribution is -0.384. The van der Waals surface area contributed by atoms with Crippen molar-refractivity contribution in [2.75, 3.05) is 4.90 Å². The Morgan fingerprint density at radius 1 is 1.06 bits per heavy atom. The van der Waals surface area contributed by atoms with Crippen molar-refractivity contribution >= 4 is 28.7 Å². The third kappa shape index (κ3) is 3.94. The highest BCUT2D eigenvalue weighted by molar-refractivity contribution is 7.80. The molecule has 2 unspecified atom stereocenters. The number of nitrogens with one attached hydrogen (secondary N) is 1. The van der Waals surface area contributed by atoms with Gasteiger partial charge in [0.1, 0.15) is 23.4 Å². The molecule has 1 saturated heterocycles. The molecular formula is C24H17FN4O3S. The molecule has 2 atom stereocenters. The molecule has 2 aromatic carbocycles. The van der Waals surface area contributed by atoms with E-state index < -0.39 is 11.0 Å². The Balaban J connectivity index is 1.58. The standard InChI is InChI=1S/C24H17FN4O3S/c25-16-7-9-17(10-8-16)28-23(22(27-24(28)33)19-6-1-2-13-26-19)21-12-11-20(32-21)15-4-3-5-18(14-15)29(30)31/h1-14,22-23H,(H,27,33). The molecule has 33 heavy (non-hydrogen) atoms. The van der Waals surface area contributed by atoms with Crippen molar-refractivity contribution in [3.05, 3.63) is 112 Å². The van der Waals surface area contributed by atoms with Crippen LogP contribution >= 0.6 is 12.2 Å². The van der Waals surface area contributed by atoms with Crippen LogP contribution in [0.5, 0.6) is 0 Å². The molecule has 0 saturated carbocycles. The van der Waals surface area contributed by atoms with Gasteiger partial charge < -0.3 is 14.6 Å². The second kappa shape index (κ2) is 8.44. The van der Waals surface area contributed by atoms with Gasteiger partial charge in [-0.1, -0.05) is 18.2 Å². The minimum atomic E-state index is -0.444. The summed E-state index contributed by atoms with van der Waals surface area (Å²) in [6, 6.07) is 20.8. The summed E-state index contributed by atoms with van der Waals surface area (Å²) < 4.78 is 19.8. The van der Waals surface area contributed by atoms with Crippen molar-refractivity contribution in [3.63, 3.8) is 0 Å². The van der Waals surface area contributed by atoms with Crippen molar-refractivity contribution in [1.29, 1.82) is 0 Å². The molecular weight excluding hydrogens is 443 g/mol. The minimum absolute atomic E-state index is 0.0199. The molecule has 0 amide bonds. The third-order valence-corrected chi connectivity index (χ3v) is 5.78. The van der Waals surface area contributed by atoms with E-state index in [1.807, 2.05) is 29.2 Å². The fourth-order valence-electron chi connectivity index (χ4n) is 3.96. The maximum Gasteiger partial charge on any atom is 0.270 e. The van der Waals surface area contributed by atoms with E-state index in [0.717, 1.165) is 5.69 Å². The van der Waals surface area contributed by atoms with Crippen molar-refractivity contribution in [2.24, 2.45) is 0 Å². The lowest BCUT2D eigenvalue weighted by Gasteiger charge is -2.26. The predicted octanol–water partition coefficient (Wildman–Crippen LogP) is 5.57. The van der Waals surface area contributed by atoms with Crippen molar-refractivity contribution in [3.8, 4) is 11.3 Å². The number of furan rings is 1. The van der Waals surface area contributed by atoms with Crippen LogP contribution in [0.25, 0.3) is 11.3 Å². The van der Waals surface area contributed by atoms with E-state index in [4.69, 9.17) is 16.6 Å². The Labute approximate surface area is 193 Å². The van der Waals surface area contributed by atoms with Crippen LogP contribution < -0.4 is 10.2 Å². The van der Waals surface area contributed by atoms with Gasteiger partial charge in [0.25, 0.3) is 5.69 Å². The largest absolute Gasteiger partial charge is 0.459 e. The Bertz CT molecular complexity index is 1330. The number of rotatable bonds is 5. The number of pyridine rings is 1. The number of thiocarbonyl (C=S) groups is 1. The SMILES string of the molecule is O=[N+]([O-])c1cccc(-c2ccc(C3C(c4ccccn4)NC(=S)N3c3ccc(F)cc3)o2)c1. The topological polar surface area (TPSA) is 84.4 Å². The van der Waals surface area contributed by atoms with Crippen molar-refractivity contribution < 1.29 is 13.7 Å². The highest BCUT2D eigenvalue weighted by atomic mass is 32.1. The molecule has 0 spiro atoms. The van der Waals surface area contributed by atoms with Crippen molar-refractivity contribution in [1.82, 2.24) is 10.3 Å². The molecule has 1 N–H and O–H groups in total. The molecule has 9 heteroatoms. The number of halogens is 1. The van der Waals surface area contributed by atoms with E-state index in [1.165, 1.54) is 24.3 Å². The molecule has 0 aliphatic carbocycles. The molecule has 0 bridgehead atoms. The molecule has 5 rings (SSSR count). The van der Waals surface area contributed by atoms with E-state index in [1.54, 1.807) is 36.5 Å². The maximum absolute atomic E-state index is 13.6. The fraction of sp³-hybridized carbons (Fsp3) is 0.0833. The van der Waals surface area contributed by atoms with Crippen LogP contribution in [-0.4, -0.2) is 15.0 Å². The number of anilines is 1. The monoisotopic (exact) mass is 460 g/mol. The zero-order chi connectivity index (χ0) is 22.9. The second-order valence-corrected chi connectivity index (χ2v) is 7.87. The van der Waals surface area contributed by atoms with Crippen LogP contribution in [0.1, 0.15) is 23.5 Å². The summed E-state index contributed by atoms with van der Waals surface area (Å²) in [6.07, 6.45) is 1.70. The number of aromatic nitrogens is 1. The fourth-order valence-corrected chi connectivity index (χ4v) is 4.31. The van der Waals surface area contributed by atoms with Crippen LogP contribution in [0.15, 0.2) is 89.5 Å². The van der Waals surface area contributed by atoms with Gasteiger partial charge >= 0.3 is 0 Å². The quantitative estimate of drug-likeness (QED) is 0.237. The average molecular weight is 460 g/mol. The van der Waals surface area contributed by atoms with E-state index >= 15 is 0 Å². The van der Waals surface area contributed by atoms with Gasteiger partial charge in [-0.05, 0) is 60.7 Å². The summed E-state index contributed by atoms with van der Waals surface area (Å²) in [4.78, 5) is 17.1. The summed E-state index contributed by atoms with van der Waals surface area (Å²) >= 11 is 5.63. The molecule has 2 aromatic heterocycles. The molecule has 1 aliphatic heterocycles. The Morgan fingerprint density at radius 2 is 1.88 bits per heavy atom. The van der Waals surface area contributed by atoms with Crippen LogP contribution in [0, 0.1) is 15.9 Å². The number of benzene rings is 2. The van der Waals surface area contributed by atoms with E-state index in [2.05, 4.69) is 10.3 Å². The third-order valence-electron chi connectivity index (χ3n) is 5.46. The highest BCUT2D eigenvalue weighted by Gasteiger charge is 2.42. The first-order valence-electron chi connectivity index (χ1n) is 10.1. The van der Waals surface area contributed by atoms with E-state index in [9.17, 15) is 14.5 Å². The van der Waals surface area contributed by atoms with E-state index in [-0.39, 0.29) is 17.5 Å². The van der Waals surface area contributed by atoms with Gasteiger partial charge in [-0.3, -0.25) is 15.1 Å². The highest BCUT2D eigenvalue weighted by Crippen LogP contribution is 2.43. The van der Waals surface area contributed by atoms with Gasteiger partial charge in [0, 0.05) is 29.6 Å². The minimum Gasteiger partial charge on any atom is -0.459 e. The van der Waals surface area contributed by atoms with Gasteiger partial charge in [-0.15, -0.1) is 0 Å². The summed E-state index contributed by atoms with van der Waals surface area (Å²) in [6.45, 7) is 0. The lowest BCUT2D eigenvalue weighted by atomic mass is 10.0. The first-order valence-corrected chi connectivity index (χ1v) is 10.5. The predicted molar refractivity (Wildman–Crippen MR) is 125 cm³/mol. The van der Waals surface area contributed by atoms with Crippen LogP contribution in [0.2, 0.25) is 0 Å². The summed E-state index contributed by atoms with van der Waals surface area (Å²) in [7, 11) is 0.